The van der Waals surface area contributed by atoms with Gasteiger partial charge in [-0.3, -0.25) is 14.9 Å². The molecule has 0 atom stereocenters. The lowest BCUT2D eigenvalue weighted by Crippen LogP contribution is -2.39. The average molecular weight is 254 g/mol. The highest BCUT2D eigenvalue weighted by Gasteiger charge is 2.23. The van der Waals surface area contributed by atoms with Crippen LogP contribution in [-0.2, 0) is 0 Å². The SMILES string of the molecule is CN(CC(C)(C)CN)C(=O)c1cc([N+](=O)[O-])c[nH]1. The molecule has 7 nitrogen and oxygen atoms in total. The summed E-state index contributed by atoms with van der Waals surface area (Å²) >= 11 is 0. The molecule has 0 aliphatic carbocycles. The summed E-state index contributed by atoms with van der Waals surface area (Å²) in [4.78, 5) is 26.1. The third-order valence-corrected chi connectivity index (χ3v) is 2.67. The van der Waals surface area contributed by atoms with E-state index in [1.165, 1.54) is 17.2 Å². The first-order chi connectivity index (χ1) is 8.26. The van der Waals surface area contributed by atoms with Gasteiger partial charge in [-0.05, 0) is 12.0 Å². The van der Waals surface area contributed by atoms with E-state index in [0.717, 1.165) is 0 Å². The molecule has 100 valence electrons. The Labute approximate surface area is 105 Å². The largest absolute Gasteiger partial charge is 0.351 e. The molecule has 1 aromatic heterocycles. The number of carbonyl (C=O) groups excluding carboxylic acids is 1. The molecule has 18 heavy (non-hydrogen) atoms. The van der Waals surface area contributed by atoms with E-state index in [1.807, 2.05) is 13.8 Å². The van der Waals surface area contributed by atoms with Crippen LogP contribution in [0.4, 0.5) is 5.69 Å². The average Bonchev–Trinajstić information content (AvgIpc) is 2.76. The van der Waals surface area contributed by atoms with Gasteiger partial charge in [0.05, 0.1) is 11.1 Å². The summed E-state index contributed by atoms with van der Waals surface area (Å²) in [6.45, 7) is 4.84. The van der Waals surface area contributed by atoms with Gasteiger partial charge in [0.25, 0.3) is 11.6 Å². The zero-order chi connectivity index (χ0) is 13.9. The number of hydrogen-bond acceptors (Lipinski definition) is 4. The third-order valence-electron chi connectivity index (χ3n) is 2.67. The smallest absolute Gasteiger partial charge is 0.287 e. The Morgan fingerprint density at radius 3 is 2.67 bits per heavy atom. The normalized spacial score (nSPS) is 11.3. The maximum Gasteiger partial charge on any atom is 0.287 e. The Balaban J connectivity index is 2.77. The lowest BCUT2D eigenvalue weighted by atomic mass is 9.93. The van der Waals surface area contributed by atoms with Crippen molar-refractivity contribution in [2.75, 3.05) is 20.1 Å². The molecular formula is C11H18N4O3. The van der Waals surface area contributed by atoms with E-state index in [1.54, 1.807) is 7.05 Å². The van der Waals surface area contributed by atoms with Crippen molar-refractivity contribution < 1.29 is 9.72 Å². The molecule has 1 amide bonds. The number of nitrogens with zero attached hydrogens (tertiary/aromatic N) is 2. The number of aromatic nitrogens is 1. The minimum Gasteiger partial charge on any atom is -0.351 e. The molecule has 3 N–H and O–H groups in total. The number of hydrogen-bond donors (Lipinski definition) is 2. The van der Waals surface area contributed by atoms with E-state index in [2.05, 4.69) is 4.98 Å². The molecule has 0 aliphatic heterocycles. The van der Waals surface area contributed by atoms with Gasteiger partial charge in [-0.25, -0.2) is 0 Å². The predicted molar refractivity (Wildman–Crippen MR) is 67.2 cm³/mol. The monoisotopic (exact) mass is 254 g/mol. The van der Waals surface area contributed by atoms with E-state index >= 15 is 0 Å². The van der Waals surface area contributed by atoms with Crippen molar-refractivity contribution in [3.8, 4) is 0 Å². The second kappa shape index (κ2) is 5.18. The fourth-order valence-corrected chi connectivity index (χ4v) is 1.60. The quantitative estimate of drug-likeness (QED) is 0.603. The molecule has 0 saturated heterocycles. The number of carbonyl (C=O) groups is 1. The number of rotatable bonds is 5. The van der Waals surface area contributed by atoms with Crippen molar-refractivity contribution in [3.05, 3.63) is 28.1 Å². The number of amides is 1. The molecule has 0 saturated carbocycles. The van der Waals surface area contributed by atoms with Crippen LogP contribution < -0.4 is 5.73 Å². The minimum atomic E-state index is -0.545. The van der Waals surface area contributed by atoms with Gasteiger partial charge in [-0.2, -0.15) is 0 Å². The van der Waals surface area contributed by atoms with Crippen LogP contribution in [0.25, 0.3) is 0 Å². The van der Waals surface area contributed by atoms with Gasteiger partial charge in [0, 0.05) is 19.7 Å². The minimum absolute atomic E-state index is 0.121. The van der Waals surface area contributed by atoms with Crippen LogP contribution in [0.5, 0.6) is 0 Å². The topological polar surface area (TPSA) is 105 Å². The summed E-state index contributed by atoms with van der Waals surface area (Å²) in [5, 5.41) is 10.5. The fourth-order valence-electron chi connectivity index (χ4n) is 1.60. The Bertz CT molecular complexity index is 453. The summed E-state index contributed by atoms with van der Waals surface area (Å²) in [5.74, 6) is -0.287. The van der Waals surface area contributed by atoms with Crippen molar-refractivity contribution in [2.24, 2.45) is 11.1 Å². The van der Waals surface area contributed by atoms with Crippen molar-refractivity contribution >= 4 is 11.6 Å². The van der Waals surface area contributed by atoms with Crippen LogP contribution in [0.15, 0.2) is 12.3 Å². The number of nitro groups is 1. The molecule has 0 aliphatic rings. The summed E-state index contributed by atoms with van der Waals surface area (Å²) in [6, 6.07) is 1.23. The van der Waals surface area contributed by atoms with Gasteiger partial charge in [0.15, 0.2) is 0 Å². The van der Waals surface area contributed by atoms with Gasteiger partial charge < -0.3 is 15.6 Å². The highest BCUT2D eigenvalue weighted by atomic mass is 16.6. The standard InChI is InChI=1S/C11H18N4O3/c1-11(2,6-12)7-14(3)10(16)9-4-8(5-13-9)15(17)18/h4-5,13H,6-7,12H2,1-3H3. The summed E-state index contributed by atoms with van der Waals surface area (Å²) in [6.07, 6.45) is 1.20. The predicted octanol–water partition coefficient (Wildman–Crippen LogP) is 0.980. The van der Waals surface area contributed by atoms with Crippen molar-refractivity contribution in [1.82, 2.24) is 9.88 Å². The zero-order valence-electron chi connectivity index (χ0n) is 10.8. The molecule has 0 unspecified atom stereocenters. The number of nitrogens with two attached hydrogens (primary N) is 1. The van der Waals surface area contributed by atoms with Crippen molar-refractivity contribution in [2.45, 2.75) is 13.8 Å². The van der Waals surface area contributed by atoms with E-state index < -0.39 is 4.92 Å². The van der Waals surface area contributed by atoms with E-state index in [9.17, 15) is 14.9 Å². The first-order valence-electron chi connectivity index (χ1n) is 5.55. The van der Waals surface area contributed by atoms with Gasteiger partial charge in [0.1, 0.15) is 5.69 Å². The first-order valence-corrected chi connectivity index (χ1v) is 5.55. The van der Waals surface area contributed by atoms with Crippen LogP contribution in [0, 0.1) is 15.5 Å². The van der Waals surface area contributed by atoms with Crippen LogP contribution in [0.1, 0.15) is 24.3 Å². The molecule has 7 heteroatoms. The van der Waals surface area contributed by atoms with Gasteiger partial charge in [0.2, 0.25) is 0 Å². The van der Waals surface area contributed by atoms with Crippen LogP contribution >= 0.6 is 0 Å². The molecule has 0 radical (unpaired) electrons. The molecule has 0 fully saturated rings. The fraction of sp³-hybridized carbons (Fsp3) is 0.545. The molecule has 1 heterocycles. The molecule has 0 bridgehead atoms. The summed E-state index contributed by atoms with van der Waals surface area (Å²) in [5.41, 5.74) is 5.50. The van der Waals surface area contributed by atoms with Gasteiger partial charge >= 0.3 is 0 Å². The van der Waals surface area contributed by atoms with Crippen LogP contribution in [0.2, 0.25) is 0 Å². The highest BCUT2D eigenvalue weighted by molar-refractivity contribution is 5.93. The van der Waals surface area contributed by atoms with E-state index in [4.69, 9.17) is 5.73 Å². The van der Waals surface area contributed by atoms with Crippen LogP contribution in [0.3, 0.4) is 0 Å². The molecule has 0 aromatic carbocycles. The van der Waals surface area contributed by atoms with Crippen molar-refractivity contribution in [3.63, 3.8) is 0 Å². The maximum atomic E-state index is 12.0. The van der Waals surface area contributed by atoms with E-state index in [-0.39, 0.29) is 22.7 Å². The maximum absolute atomic E-state index is 12.0. The lowest BCUT2D eigenvalue weighted by molar-refractivity contribution is -0.384. The van der Waals surface area contributed by atoms with E-state index in [0.29, 0.717) is 13.1 Å². The summed E-state index contributed by atoms with van der Waals surface area (Å²) in [7, 11) is 1.65. The van der Waals surface area contributed by atoms with Crippen molar-refractivity contribution in [1.29, 1.82) is 0 Å². The summed E-state index contributed by atoms with van der Waals surface area (Å²) < 4.78 is 0. The zero-order valence-corrected chi connectivity index (χ0v) is 10.8. The number of aromatic amines is 1. The number of nitrogens with one attached hydrogen (secondary N) is 1. The lowest BCUT2D eigenvalue weighted by Gasteiger charge is -2.28. The first kappa shape index (κ1) is 14.2. The Hall–Kier alpha value is -1.89. The molecule has 1 aromatic rings. The molecule has 0 spiro atoms. The Morgan fingerprint density at radius 1 is 1.61 bits per heavy atom. The molecular weight excluding hydrogens is 236 g/mol. The van der Waals surface area contributed by atoms with Gasteiger partial charge in [-0.15, -0.1) is 0 Å². The number of H-pyrrole nitrogens is 1. The van der Waals surface area contributed by atoms with Gasteiger partial charge in [-0.1, -0.05) is 13.8 Å². The van der Waals surface area contributed by atoms with Crippen LogP contribution in [-0.4, -0.2) is 40.9 Å². The third kappa shape index (κ3) is 3.30. The second-order valence-corrected chi connectivity index (χ2v) is 5.06. The molecule has 1 rings (SSSR count). The second-order valence-electron chi connectivity index (χ2n) is 5.06. The Kier molecular flexibility index (Phi) is 4.07. The highest BCUT2D eigenvalue weighted by Crippen LogP contribution is 2.17. The Morgan fingerprint density at radius 2 is 2.22 bits per heavy atom.